The van der Waals surface area contributed by atoms with Gasteiger partial charge in [-0.15, -0.1) is 0 Å². The quantitative estimate of drug-likeness (QED) is 0.668. The van der Waals surface area contributed by atoms with Gasteiger partial charge in [0.25, 0.3) is 0 Å². The van der Waals surface area contributed by atoms with Crippen molar-refractivity contribution in [3.05, 3.63) is 41.0 Å². The van der Waals surface area contributed by atoms with Crippen molar-refractivity contribution in [2.24, 2.45) is 0 Å². The number of hydrogen-bond donors (Lipinski definition) is 1. The van der Waals surface area contributed by atoms with Gasteiger partial charge in [-0.3, -0.25) is 0 Å². The zero-order valence-electron chi connectivity index (χ0n) is 8.76. The van der Waals surface area contributed by atoms with Gasteiger partial charge in [0, 0.05) is 0 Å². The maximum Gasteiger partial charge on any atom is 0.119 e. The lowest BCUT2D eigenvalue weighted by molar-refractivity contribution is 0.472. The molecule has 1 heteroatoms. The van der Waals surface area contributed by atoms with Crippen LogP contribution < -0.4 is 0 Å². The molecule has 72 valence electrons. The molecule has 0 radical (unpaired) electrons. The van der Waals surface area contributed by atoms with Crippen molar-refractivity contribution in [2.45, 2.75) is 20.8 Å². The van der Waals surface area contributed by atoms with Gasteiger partial charge >= 0.3 is 0 Å². The number of phenols is 1. The largest absolute Gasteiger partial charge is 0.508 e. The van der Waals surface area contributed by atoms with Crippen molar-refractivity contribution in [1.82, 2.24) is 0 Å². The Bertz CT molecular complexity index is 452. The van der Waals surface area contributed by atoms with Crippen LogP contribution in [0.1, 0.15) is 16.7 Å². The number of aromatic hydroxyl groups is 1. The van der Waals surface area contributed by atoms with Crippen LogP contribution in [0.5, 0.6) is 5.75 Å². The smallest absolute Gasteiger partial charge is 0.119 e. The van der Waals surface area contributed by atoms with E-state index in [1.807, 2.05) is 19.1 Å². The first-order valence-electron chi connectivity index (χ1n) is 4.79. The molecule has 2 aromatic rings. The minimum atomic E-state index is 0.381. The zero-order chi connectivity index (χ0) is 10.3. The van der Waals surface area contributed by atoms with Crippen molar-refractivity contribution in [3.8, 4) is 5.75 Å². The average molecular weight is 186 g/mol. The Labute approximate surface area is 84.0 Å². The summed E-state index contributed by atoms with van der Waals surface area (Å²) >= 11 is 0. The molecule has 0 aromatic heterocycles. The molecule has 0 spiro atoms. The Morgan fingerprint density at radius 1 is 0.786 bits per heavy atom. The summed E-state index contributed by atoms with van der Waals surface area (Å²) in [6, 6.07) is 8.11. The van der Waals surface area contributed by atoms with Crippen molar-refractivity contribution in [1.29, 1.82) is 0 Å². The third kappa shape index (κ3) is 1.25. The van der Waals surface area contributed by atoms with Crippen molar-refractivity contribution >= 4 is 10.8 Å². The molecule has 0 saturated heterocycles. The van der Waals surface area contributed by atoms with E-state index in [4.69, 9.17) is 0 Å². The van der Waals surface area contributed by atoms with Gasteiger partial charge in [0.15, 0.2) is 0 Å². The number of fused-ring (bicyclic) bond motifs is 1. The molecular weight excluding hydrogens is 172 g/mol. The molecule has 0 fully saturated rings. The highest BCUT2D eigenvalue weighted by atomic mass is 16.3. The highest BCUT2D eigenvalue weighted by Gasteiger charge is 2.04. The predicted molar refractivity (Wildman–Crippen MR) is 59.8 cm³/mol. The summed E-state index contributed by atoms with van der Waals surface area (Å²) in [5.74, 6) is 0.381. The van der Waals surface area contributed by atoms with Crippen molar-refractivity contribution < 1.29 is 5.11 Å². The van der Waals surface area contributed by atoms with Crippen LogP contribution in [0.3, 0.4) is 0 Å². The fraction of sp³-hybridized carbons (Fsp3) is 0.231. The van der Waals surface area contributed by atoms with E-state index in [0.717, 1.165) is 10.9 Å². The molecular formula is C13H14O. The molecule has 14 heavy (non-hydrogen) atoms. The normalized spacial score (nSPS) is 10.8. The highest BCUT2D eigenvalue weighted by Crippen LogP contribution is 2.28. The fourth-order valence-electron chi connectivity index (χ4n) is 1.78. The zero-order valence-corrected chi connectivity index (χ0v) is 8.76. The van der Waals surface area contributed by atoms with Gasteiger partial charge in [0.05, 0.1) is 0 Å². The SMILES string of the molecule is Cc1cc2c(C)ccc(C)c2cc1O. The summed E-state index contributed by atoms with van der Waals surface area (Å²) in [4.78, 5) is 0. The monoisotopic (exact) mass is 186 g/mol. The predicted octanol–water partition coefficient (Wildman–Crippen LogP) is 3.47. The minimum Gasteiger partial charge on any atom is -0.508 e. The number of rotatable bonds is 0. The second-order valence-corrected chi connectivity index (χ2v) is 3.88. The van der Waals surface area contributed by atoms with Gasteiger partial charge in [0.2, 0.25) is 0 Å². The summed E-state index contributed by atoms with van der Waals surface area (Å²) in [7, 11) is 0. The number of aryl methyl sites for hydroxylation is 3. The number of benzene rings is 2. The standard InChI is InChI=1S/C13H14O/c1-8-4-5-9(2)12-7-13(14)10(3)6-11(8)12/h4-7,14H,1-3H3. The van der Waals surface area contributed by atoms with E-state index in [-0.39, 0.29) is 0 Å². The van der Waals surface area contributed by atoms with E-state index in [0.29, 0.717) is 5.75 Å². The van der Waals surface area contributed by atoms with E-state index in [1.54, 1.807) is 0 Å². The van der Waals surface area contributed by atoms with Crippen LogP contribution in [0.25, 0.3) is 10.8 Å². The van der Waals surface area contributed by atoms with E-state index in [2.05, 4.69) is 26.0 Å². The Morgan fingerprint density at radius 3 is 1.86 bits per heavy atom. The molecule has 0 bridgehead atoms. The molecule has 0 aliphatic carbocycles. The average Bonchev–Trinajstić information content (AvgIpc) is 2.15. The van der Waals surface area contributed by atoms with Crippen LogP contribution >= 0.6 is 0 Å². The molecule has 0 saturated carbocycles. The van der Waals surface area contributed by atoms with Crippen molar-refractivity contribution in [2.75, 3.05) is 0 Å². The highest BCUT2D eigenvalue weighted by molar-refractivity contribution is 5.90. The van der Waals surface area contributed by atoms with Crippen LogP contribution in [0.2, 0.25) is 0 Å². The molecule has 2 rings (SSSR count). The van der Waals surface area contributed by atoms with E-state index >= 15 is 0 Å². The first kappa shape index (κ1) is 9.07. The van der Waals surface area contributed by atoms with Gasteiger partial charge in [-0.05, 0) is 60.4 Å². The molecule has 0 aliphatic heterocycles. The Balaban J connectivity index is 2.94. The fourth-order valence-corrected chi connectivity index (χ4v) is 1.78. The van der Waals surface area contributed by atoms with E-state index < -0.39 is 0 Å². The maximum absolute atomic E-state index is 9.63. The molecule has 0 heterocycles. The lowest BCUT2D eigenvalue weighted by atomic mass is 9.99. The van der Waals surface area contributed by atoms with Gasteiger partial charge in [0.1, 0.15) is 5.75 Å². The summed E-state index contributed by atoms with van der Waals surface area (Å²) in [6.07, 6.45) is 0. The van der Waals surface area contributed by atoms with Crippen molar-refractivity contribution in [3.63, 3.8) is 0 Å². The van der Waals surface area contributed by atoms with Gasteiger partial charge in [-0.25, -0.2) is 0 Å². The summed E-state index contributed by atoms with van der Waals surface area (Å²) in [6.45, 7) is 6.09. The van der Waals surface area contributed by atoms with Crippen LogP contribution in [0.15, 0.2) is 24.3 Å². The van der Waals surface area contributed by atoms with Gasteiger partial charge < -0.3 is 5.11 Å². The van der Waals surface area contributed by atoms with Crippen LogP contribution in [0.4, 0.5) is 0 Å². The van der Waals surface area contributed by atoms with Crippen LogP contribution in [0, 0.1) is 20.8 Å². The van der Waals surface area contributed by atoms with E-state index in [1.165, 1.54) is 16.5 Å². The Kier molecular flexibility index (Phi) is 1.95. The lowest BCUT2D eigenvalue weighted by Crippen LogP contribution is -1.84. The Morgan fingerprint density at radius 2 is 1.29 bits per heavy atom. The molecule has 0 unspecified atom stereocenters. The van der Waals surface area contributed by atoms with Gasteiger partial charge in [-0.2, -0.15) is 0 Å². The second kappa shape index (κ2) is 3.02. The molecule has 1 nitrogen and oxygen atoms in total. The second-order valence-electron chi connectivity index (χ2n) is 3.88. The minimum absolute atomic E-state index is 0.381. The summed E-state index contributed by atoms with van der Waals surface area (Å²) in [5, 5.41) is 12.0. The molecule has 1 N–H and O–H groups in total. The molecule has 2 aromatic carbocycles. The third-order valence-electron chi connectivity index (χ3n) is 2.77. The number of phenolic OH excluding ortho intramolecular Hbond substituents is 1. The molecule has 0 amide bonds. The molecule has 0 atom stereocenters. The maximum atomic E-state index is 9.63. The third-order valence-corrected chi connectivity index (χ3v) is 2.77. The molecule has 0 aliphatic rings. The first-order valence-corrected chi connectivity index (χ1v) is 4.79. The van der Waals surface area contributed by atoms with Crippen LogP contribution in [-0.2, 0) is 0 Å². The Hall–Kier alpha value is -1.50. The summed E-state index contributed by atoms with van der Waals surface area (Å²) in [5.41, 5.74) is 3.40. The number of hydrogen-bond acceptors (Lipinski definition) is 1. The summed E-state index contributed by atoms with van der Waals surface area (Å²) < 4.78 is 0. The van der Waals surface area contributed by atoms with E-state index in [9.17, 15) is 5.11 Å². The van der Waals surface area contributed by atoms with Crippen LogP contribution in [-0.4, -0.2) is 5.11 Å². The topological polar surface area (TPSA) is 20.2 Å². The van der Waals surface area contributed by atoms with Gasteiger partial charge in [-0.1, -0.05) is 12.1 Å². The first-order chi connectivity index (χ1) is 6.59. The lowest BCUT2D eigenvalue weighted by Gasteiger charge is -2.08.